The van der Waals surface area contributed by atoms with Crippen LogP contribution in [0.4, 0.5) is 0 Å². The van der Waals surface area contributed by atoms with Gasteiger partial charge in [0.05, 0.1) is 6.61 Å². The Morgan fingerprint density at radius 3 is 2.69 bits per heavy atom. The van der Waals surface area contributed by atoms with Crippen molar-refractivity contribution in [3.05, 3.63) is 43.0 Å². The molecule has 0 aliphatic rings. The summed E-state index contributed by atoms with van der Waals surface area (Å²) in [5.41, 5.74) is 0. The Hall–Kier alpha value is -1.28. The summed E-state index contributed by atoms with van der Waals surface area (Å²) in [7, 11) is 0. The third-order valence-electron chi connectivity index (χ3n) is 1.52. The fourth-order valence-electron chi connectivity index (χ4n) is 0.852. The number of para-hydroxylation sites is 1. The van der Waals surface area contributed by atoms with Crippen LogP contribution < -0.4 is 4.74 Å². The van der Waals surface area contributed by atoms with Gasteiger partial charge in [-0.25, -0.2) is 0 Å². The van der Waals surface area contributed by atoms with Crippen molar-refractivity contribution in [2.24, 2.45) is 0 Å². The van der Waals surface area contributed by atoms with Crippen LogP contribution in [-0.2, 0) is 4.74 Å². The van der Waals surface area contributed by atoms with Crippen molar-refractivity contribution < 1.29 is 9.47 Å². The van der Waals surface area contributed by atoms with E-state index in [9.17, 15) is 0 Å². The molecule has 0 radical (unpaired) electrons. The molecular formula is C11H14O2. The summed E-state index contributed by atoms with van der Waals surface area (Å²) in [6.07, 6.45) is 2.68. The van der Waals surface area contributed by atoms with Gasteiger partial charge in [-0.2, -0.15) is 0 Å². The zero-order valence-corrected chi connectivity index (χ0v) is 7.61. The van der Waals surface area contributed by atoms with E-state index < -0.39 is 0 Å². The average molecular weight is 178 g/mol. The van der Waals surface area contributed by atoms with E-state index in [1.54, 1.807) is 0 Å². The topological polar surface area (TPSA) is 18.5 Å². The minimum atomic E-state index is 0.303. The maximum absolute atomic E-state index is 5.30. The standard InChI is InChI=1S/C11H14O2/c1-2-3-9-12-10-13-11-7-5-4-6-8-11/h2,4-8H,1,3,9-10H2. The fraction of sp³-hybridized carbons (Fsp3) is 0.273. The largest absolute Gasteiger partial charge is 0.468 e. The Morgan fingerprint density at radius 1 is 1.23 bits per heavy atom. The summed E-state index contributed by atoms with van der Waals surface area (Å²) in [5, 5.41) is 0. The Kier molecular flexibility index (Phi) is 4.72. The molecule has 0 aromatic heterocycles. The van der Waals surface area contributed by atoms with Gasteiger partial charge in [0, 0.05) is 0 Å². The van der Waals surface area contributed by atoms with Crippen molar-refractivity contribution in [1.82, 2.24) is 0 Å². The number of hydrogen-bond donors (Lipinski definition) is 0. The first kappa shape index (κ1) is 9.81. The van der Waals surface area contributed by atoms with Crippen LogP contribution in [0, 0.1) is 0 Å². The SMILES string of the molecule is C=CCCOCOc1ccccc1. The number of hydrogen-bond acceptors (Lipinski definition) is 2. The molecule has 1 rings (SSSR count). The van der Waals surface area contributed by atoms with E-state index in [-0.39, 0.29) is 0 Å². The molecule has 0 saturated heterocycles. The minimum Gasteiger partial charge on any atom is -0.468 e. The van der Waals surface area contributed by atoms with Crippen molar-refractivity contribution >= 4 is 0 Å². The Bertz CT molecular complexity index is 231. The molecule has 2 nitrogen and oxygen atoms in total. The van der Waals surface area contributed by atoms with E-state index in [1.165, 1.54) is 0 Å². The Balaban J connectivity index is 2.10. The molecule has 0 fully saturated rings. The summed E-state index contributed by atoms with van der Waals surface area (Å²) in [6.45, 7) is 4.56. The highest BCUT2D eigenvalue weighted by Crippen LogP contribution is 2.07. The van der Waals surface area contributed by atoms with Gasteiger partial charge in [-0.3, -0.25) is 0 Å². The lowest BCUT2D eigenvalue weighted by molar-refractivity contribution is 0.0177. The lowest BCUT2D eigenvalue weighted by Crippen LogP contribution is -2.03. The van der Waals surface area contributed by atoms with Crippen molar-refractivity contribution in [2.75, 3.05) is 13.4 Å². The molecule has 0 saturated carbocycles. The van der Waals surface area contributed by atoms with Crippen LogP contribution in [0.5, 0.6) is 5.75 Å². The molecule has 0 unspecified atom stereocenters. The number of benzene rings is 1. The highest BCUT2D eigenvalue weighted by molar-refractivity contribution is 5.20. The van der Waals surface area contributed by atoms with Gasteiger partial charge in [-0.1, -0.05) is 24.3 Å². The number of ether oxygens (including phenoxy) is 2. The monoisotopic (exact) mass is 178 g/mol. The van der Waals surface area contributed by atoms with Crippen LogP contribution in [-0.4, -0.2) is 13.4 Å². The van der Waals surface area contributed by atoms with Gasteiger partial charge in [0.1, 0.15) is 5.75 Å². The lowest BCUT2D eigenvalue weighted by atomic mass is 10.3. The van der Waals surface area contributed by atoms with Gasteiger partial charge in [-0.15, -0.1) is 6.58 Å². The predicted octanol–water partition coefficient (Wildman–Crippen LogP) is 2.62. The van der Waals surface area contributed by atoms with Crippen LogP contribution in [0.3, 0.4) is 0 Å². The first-order valence-electron chi connectivity index (χ1n) is 4.30. The van der Waals surface area contributed by atoms with E-state index in [0.29, 0.717) is 13.4 Å². The van der Waals surface area contributed by atoms with E-state index in [1.807, 2.05) is 36.4 Å². The van der Waals surface area contributed by atoms with E-state index >= 15 is 0 Å². The Morgan fingerprint density at radius 2 is 2.00 bits per heavy atom. The fourth-order valence-corrected chi connectivity index (χ4v) is 0.852. The van der Waals surface area contributed by atoms with Gasteiger partial charge in [-0.05, 0) is 18.6 Å². The molecule has 1 aromatic rings. The maximum Gasteiger partial charge on any atom is 0.189 e. The van der Waals surface area contributed by atoms with Gasteiger partial charge in [0.25, 0.3) is 0 Å². The predicted molar refractivity (Wildman–Crippen MR) is 52.7 cm³/mol. The van der Waals surface area contributed by atoms with Crippen molar-refractivity contribution in [3.8, 4) is 5.75 Å². The molecule has 0 aliphatic heterocycles. The van der Waals surface area contributed by atoms with Crippen LogP contribution in [0.15, 0.2) is 43.0 Å². The smallest absolute Gasteiger partial charge is 0.189 e. The highest BCUT2D eigenvalue weighted by atomic mass is 16.7. The molecule has 0 amide bonds. The summed E-state index contributed by atoms with van der Waals surface area (Å²) in [4.78, 5) is 0. The third-order valence-corrected chi connectivity index (χ3v) is 1.52. The second kappa shape index (κ2) is 6.26. The molecule has 1 aromatic carbocycles. The highest BCUT2D eigenvalue weighted by Gasteiger charge is 1.89. The first-order chi connectivity index (χ1) is 6.43. The molecule has 2 heteroatoms. The molecule has 0 spiro atoms. The molecule has 0 aliphatic carbocycles. The molecule has 0 N–H and O–H groups in total. The summed E-state index contributed by atoms with van der Waals surface area (Å²) in [6, 6.07) is 9.61. The van der Waals surface area contributed by atoms with E-state index in [4.69, 9.17) is 9.47 Å². The van der Waals surface area contributed by atoms with Crippen LogP contribution in [0.2, 0.25) is 0 Å². The van der Waals surface area contributed by atoms with Gasteiger partial charge in [0.2, 0.25) is 0 Å². The van der Waals surface area contributed by atoms with Gasteiger partial charge in [0.15, 0.2) is 6.79 Å². The summed E-state index contributed by atoms with van der Waals surface area (Å²) < 4.78 is 10.5. The molecular weight excluding hydrogens is 164 g/mol. The lowest BCUT2D eigenvalue weighted by Gasteiger charge is -2.05. The van der Waals surface area contributed by atoms with E-state index in [0.717, 1.165) is 12.2 Å². The van der Waals surface area contributed by atoms with Gasteiger partial charge < -0.3 is 9.47 Å². The molecule has 0 heterocycles. The van der Waals surface area contributed by atoms with Crippen LogP contribution >= 0.6 is 0 Å². The average Bonchev–Trinajstić information content (AvgIpc) is 2.19. The van der Waals surface area contributed by atoms with Crippen molar-refractivity contribution in [1.29, 1.82) is 0 Å². The second-order valence-electron chi connectivity index (χ2n) is 2.56. The zero-order valence-electron chi connectivity index (χ0n) is 7.61. The molecule has 0 atom stereocenters. The van der Waals surface area contributed by atoms with Crippen LogP contribution in [0.1, 0.15) is 6.42 Å². The van der Waals surface area contributed by atoms with E-state index in [2.05, 4.69) is 6.58 Å². The van der Waals surface area contributed by atoms with Gasteiger partial charge >= 0.3 is 0 Å². The molecule has 13 heavy (non-hydrogen) atoms. The number of rotatable bonds is 6. The minimum absolute atomic E-state index is 0.303. The normalized spacial score (nSPS) is 9.54. The molecule has 70 valence electrons. The van der Waals surface area contributed by atoms with Crippen LogP contribution in [0.25, 0.3) is 0 Å². The van der Waals surface area contributed by atoms with Crippen molar-refractivity contribution in [3.63, 3.8) is 0 Å². The zero-order chi connectivity index (χ0) is 9.36. The third kappa shape index (κ3) is 4.33. The Labute approximate surface area is 78.8 Å². The van der Waals surface area contributed by atoms with Crippen molar-refractivity contribution in [2.45, 2.75) is 6.42 Å². The quantitative estimate of drug-likeness (QED) is 0.378. The summed E-state index contributed by atoms with van der Waals surface area (Å²) >= 11 is 0. The summed E-state index contributed by atoms with van der Waals surface area (Å²) in [5.74, 6) is 0.834. The maximum atomic E-state index is 5.30. The second-order valence-corrected chi connectivity index (χ2v) is 2.56. The first-order valence-corrected chi connectivity index (χ1v) is 4.30. The molecule has 0 bridgehead atoms.